The van der Waals surface area contributed by atoms with Crippen LogP contribution in [0.2, 0.25) is 0 Å². The first-order chi connectivity index (χ1) is 2.56. The summed E-state index contributed by atoms with van der Waals surface area (Å²) in [6.45, 7) is 0. The predicted molar refractivity (Wildman–Crippen MR) is 5.77 cm³/mol. The van der Waals surface area contributed by atoms with Gasteiger partial charge in [0.25, 0.3) is 0 Å². The van der Waals surface area contributed by atoms with Crippen LogP contribution in [0.5, 0.6) is 0 Å². The fourth-order valence-corrected chi connectivity index (χ4v) is 0. The van der Waals surface area contributed by atoms with Crippen molar-refractivity contribution in [3.63, 3.8) is 0 Å². The maximum atomic E-state index is 9.08. The van der Waals surface area contributed by atoms with E-state index in [1.807, 2.05) is 0 Å². The van der Waals surface area contributed by atoms with Gasteiger partial charge in [0.1, 0.15) is 0 Å². The van der Waals surface area contributed by atoms with Crippen LogP contribution in [0, 0.1) is 0 Å². The topological polar surface area (TPSA) is 80.7 Å². The third-order valence-corrected chi connectivity index (χ3v) is 0.540. The van der Waals surface area contributed by atoms with E-state index in [0.29, 0.717) is 0 Å². The summed E-state index contributed by atoms with van der Waals surface area (Å²) in [5, 5.41) is 7.05. The summed E-state index contributed by atoms with van der Waals surface area (Å²) >= 11 is -5.76. The van der Waals surface area contributed by atoms with Crippen LogP contribution in [-0.2, 0) is 30.1 Å². The Morgan fingerprint density at radius 1 is 1.33 bits per heavy atom. The molecule has 0 heterocycles. The zero-order valence-corrected chi connectivity index (χ0v) is 4.50. The first kappa shape index (κ1) is 6.01. The molecule has 5 nitrogen and oxygen atoms in total. The SMILES string of the molecule is [O]=[Mo](=[O])(=[O])[O]O. The minimum atomic E-state index is -5.76. The van der Waals surface area contributed by atoms with Gasteiger partial charge >= 0.3 is 35.3 Å². The molecular weight excluding hydrogens is 176 g/mol. The standard InChI is InChI=1S/Mo.H2O2.3O/c;1-2;;;/h;1-2H;;;/q+1;;;;/p-1. The molecule has 0 saturated heterocycles. The second-order valence-electron chi connectivity index (χ2n) is 0.483. The second kappa shape index (κ2) is 1.64. The van der Waals surface area contributed by atoms with Crippen molar-refractivity contribution in [1.82, 2.24) is 0 Å². The fourth-order valence-electron chi connectivity index (χ4n) is 0. The molecule has 0 aromatic carbocycles. The Bertz CT molecular complexity index is 137. The summed E-state index contributed by atoms with van der Waals surface area (Å²) < 4.78 is 29.7. The summed E-state index contributed by atoms with van der Waals surface area (Å²) in [5.74, 6) is 0. The summed E-state index contributed by atoms with van der Waals surface area (Å²) in [6, 6.07) is 0. The fraction of sp³-hybridized carbons (Fsp3) is 0. The Morgan fingerprint density at radius 2 is 1.50 bits per heavy atom. The molecule has 0 spiro atoms. The third-order valence-electron chi connectivity index (χ3n) is 0.0913. The summed E-state index contributed by atoms with van der Waals surface area (Å²) in [5.41, 5.74) is 0. The summed E-state index contributed by atoms with van der Waals surface area (Å²) in [4.78, 5) is 0. The van der Waals surface area contributed by atoms with Crippen molar-refractivity contribution in [2.75, 3.05) is 0 Å². The molecule has 0 amide bonds. The van der Waals surface area contributed by atoms with Crippen LogP contribution in [0.4, 0.5) is 0 Å². The molecule has 0 aromatic rings. The van der Waals surface area contributed by atoms with Gasteiger partial charge in [-0.05, 0) is 0 Å². The van der Waals surface area contributed by atoms with E-state index in [1.54, 1.807) is 0 Å². The average molecular weight is 177 g/mol. The Kier molecular flexibility index (Phi) is 1.64. The van der Waals surface area contributed by atoms with Gasteiger partial charge in [-0.3, -0.25) is 0 Å². The Morgan fingerprint density at radius 3 is 1.50 bits per heavy atom. The average Bonchev–Trinajstić information content (AvgIpc) is 1.35. The normalized spacial score (nSPS) is 11.5. The Hall–Kier alpha value is 0.00831. The van der Waals surface area contributed by atoms with E-state index in [2.05, 4.69) is 3.54 Å². The molecule has 0 unspecified atom stereocenters. The molecule has 0 aliphatic rings. The van der Waals surface area contributed by atoms with Crippen molar-refractivity contribution in [1.29, 1.82) is 0 Å². The Balaban J connectivity index is 4.30. The quantitative estimate of drug-likeness (QED) is 0.334. The summed E-state index contributed by atoms with van der Waals surface area (Å²) in [6.07, 6.45) is 0. The predicted octanol–water partition coefficient (Wildman–Crippen LogP) is -0.419. The van der Waals surface area contributed by atoms with Gasteiger partial charge in [0.2, 0.25) is 0 Å². The van der Waals surface area contributed by atoms with Crippen molar-refractivity contribution < 1.29 is 35.3 Å². The van der Waals surface area contributed by atoms with Gasteiger partial charge in [0.05, 0.1) is 0 Å². The second-order valence-corrected chi connectivity index (χ2v) is 2.86. The van der Waals surface area contributed by atoms with E-state index in [9.17, 15) is 0 Å². The van der Waals surface area contributed by atoms with E-state index in [1.165, 1.54) is 0 Å². The van der Waals surface area contributed by atoms with Crippen LogP contribution in [0.3, 0.4) is 0 Å². The Labute approximate surface area is 36.0 Å². The molecule has 6 heteroatoms. The first-order valence-electron chi connectivity index (χ1n) is 0.849. The molecule has 37 valence electrons. The van der Waals surface area contributed by atoms with Gasteiger partial charge in [0, 0.05) is 0 Å². The molecule has 0 aliphatic heterocycles. The van der Waals surface area contributed by atoms with E-state index >= 15 is 0 Å². The summed E-state index contributed by atoms with van der Waals surface area (Å²) in [7, 11) is 0. The van der Waals surface area contributed by atoms with Crippen molar-refractivity contribution in [2.24, 2.45) is 0 Å². The van der Waals surface area contributed by atoms with Crippen molar-refractivity contribution in [3.8, 4) is 0 Å². The van der Waals surface area contributed by atoms with Crippen LogP contribution in [0.1, 0.15) is 0 Å². The van der Waals surface area contributed by atoms with E-state index in [-0.39, 0.29) is 0 Å². The van der Waals surface area contributed by atoms with Crippen LogP contribution < -0.4 is 0 Å². The van der Waals surface area contributed by atoms with Crippen molar-refractivity contribution in [2.45, 2.75) is 0 Å². The van der Waals surface area contributed by atoms with Gasteiger partial charge in [-0.2, -0.15) is 0 Å². The van der Waals surface area contributed by atoms with Crippen molar-refractivity contribution in [3.05, 3.63) is 0 Å². The molecule has 0 fully saturated rings. The van der Waals surface area contributed by atoms with Crippen LogP contribution in [0.15, 0.2) is 0 Å². The number of hydrogen-bond acceptors (Lipinski definition) is 5. The zero-order valence-electron chi connectivity index (χ0n) is 2.49. The van der Waals surface area contributed by atoms with E-state index < -0.39 is 16.3 Å². The van der Waals surface area contributed by atoms with E-state index in [0.717, 1.165) is 0 Å². The first-order valence-corrected chi connectivity index (χ1v) is 4.13. The van der Waals surface area contributed by atoms with Gasteiger partial charge < -0.3 is 0 Å². The molecule has 0 rings (SSSR count). The number of rotatable bonds is 1. The molecule has 0 aromatic heterocycles. The third kappa shape index (κ3) is 4.01. The molecule has 6 heavy (non-hydrogen) atoms. The molecule has 0 aliphatic carbocycles. The molecular formula is HMoO5. The maximum absolute atomic E-state index is 9.08. The van der Waals surface area contributed by atoms with Crippen LogP contribution >= 0.6 is 0 Å². The molecule has 0 atom stereocenters. The van der Waals surface area contributed by atoms with Gasteiger partial charge in [0.15, 0.2) is 0 Å². The van der Waals surface area contributed by atoms with Gasteiger partial charge in [-0.1, -0.05) is 0 Å². The number of hydrogen-bond donors (Lipinski definition) is 1. The van der Waals surface area contributed by atoms with Gasteiger partial charge in [-0.25, -0.2) is 0 Å². The molecule has 0 radical (unpaired) electrons. The zero-order chi connectivity index (χ0) is 5.21. The van der Waals surface area contributed by atoms with Gasteiger partial charge in [-0.15, -0.1) is 0 Å². The monoisotopic (exact) mass is 179 g/mol. The molecule has 0 bridgehead atoms. The van der Waals surface area contributed by atoms with E-state index in [4.69, 9.17) is 15.4 Å². The van der Waals surface area contributed by atoms with Crippen LogP contribution in [-0.4, -0.2) is 5.26 Å². The van der Waals surface area contributed by atoms with Crippen LogP contribution in [0.25, 0.3) is 0 Å². The van der Waals surface area contributed by atoms with Crippen molar-refractivity contribution >= 4 is 0 Å². The molecule has 0 saturated carbocycles. The minimum absolute atomic E-state index is 2.46. The molecule has 1 N–H and O–H groups in total.